The molecule has 0 saturated carbocycles. The van der Waals surface area contributed by atoms with Crippen LogP contribution in [-0.4, -0.2) is 44.9 Å². The van der Waals surface area contributed by atoms with Crippen LogP contribution in [0.5, 0.6) is 0 Å². The van der Waals surface area contributed by atoms with Crippen molar-refractivity contribution in [3.63, 3.8) is 0 Å². The molecular formula is C26H27N5O4. The second kappa shape index (κ2) is 8.21. The van der Waals surface area contributed by atoms with E-state index in [1.165, 1.54) is 10.1 Å². The Balaban J connectivity index is 1.21. The summed E-state index contributed by atoms with van der Waals surface area (Å²) in [7, 11) is 1.72. The Morgan fingerprint density at radius 3 is 2.86 bits per heavy atom. The highest BCUT2D eigenvalue weighted by Gasteiger charge is 2.28. The number of hydrogen-bond donors (Lipinski definition) is 1. The Hall–Kier alpha value is -3.69. The molecule has 35 heavy (non-hydrogen) atoms. The fourth-order valence-electron chi connectivity index (χ4n) is 5.41. The van der Waals surface area contributed by atoms with E-state index in [2.05, 4.69) is 28.3 Å². The number of fused-ring (bicyclic) bond motifs is 2. The monoisotopic (exact) mass is 473 g/mol. The molecule has 0 bridgehead atoms. The summed E-state index contributed by atoms with van der Waals surface area (Å²) in [5.41, 5.74) is 8.41. The number of rotatable bonds is 4. The largest absolute Gasteiger partial charge is 0.457 e. The first-order chi connectivity index (χ1) is 16.9. The summed E-state index contributed by atoms with van der Waals surface area (Å²) in [6, 6.07) is 7.89. The van der Waals surface area contributed by atoms with Crippen LogP contribution in [0.1, 0.15) is 44.2 Å². The second-order valence-corrected chi connectivity index (χ2v) is 9.40. The molecule has 0 radical (unpaired) electrons. The van der Waals surface area contributed by atoms with Gasteiger partial charge in [0.2, 0.25) is 0 Å². The van der Waals surface area contributed by atoms with Crippen molar-refractivity contribution in [1.29, 1.82) is 0 Å². The van der Waals surface area contributed by atoms with Crippen LogP contribution >= 0.6 is 0 Å². The highest BCUT2D eigenvalue weighted by molar-refractivity contribution is 5.94. The van der Waals surface area contributed by atoms with Gasteiger partial charge in [0.25, 0.3) is 0 Å². The molecule has 2 aromatic heterocycles. The molecule has 180 valence electrons. The predicted molar refractivity (Wildman–Crippen MR) is 130 cm³/mol. The highest BCUT2D eigenvalue weighted by atomic mass is 16.5. The summed E-state index contributed by atoms with van der Waals surface area (Å²) in [5, 5.41) is 8.24. The zero-order valence-corrected chi connectivity index (χ0v) is 20.0. The normalized spacial score (nSPS) is 18.3. The van der Waals surface area contributed by atoms with Gasteiger partial charge in [-0.3, -0.25) is 9.47 Å². The summed E-state index contributed by atoms with van der Waals surface area (Å²) in [5.74, 6) is -0.596. The minimum atomic E-state index is -0.368. The molecule has 4 aromatic rings. The molecule has 1 saturated heterocycles. The Morgan fingerprint density at radius 1 is 1.14 bits per heavy atom. The third kappa shape index (κ3) is 3.59. The minimum absolute atomic E-state index is 0.187. The van der Waals surface area contributed by atoms with Crippen LogP contribution in [0.3, 0.4) is 0 Å². The van der Waals surface area contributed by atoms with E-state index in [9.17, 15) is 9.59 Å². The molecule has 4 heterocycles. The number of nitrogens with zero attached hydrogens (tertiary/aromatic N) is 4. The van der Waals surface area contributed by atoms with Gasteiger partial charge in [0.05, 0.1) is 23.0 Å². The van der Waals surface area contributed by atoms with Crippen molar-refractivity contribution in [2.45, 2.75) is 33.0 Å². The first kappa shape index (κ1) is 21.8. The first-order valence-corrected chi connectivity index (χ1v) is 11.8. The number of carbonyl (C=O) groups is 1. The van der Waals surface area contributed by atoms with Crippen molar-refractivity contribution in [3.05, 3.63) is 80.6 Å². The van der Waals surface area contributed by atoms with Crippen molar-refractivity contribution < 1.29 is 13.9 Å². The van der Waals surface area contributed by atoms with E-state index in [1.54, 1.807) is 7.05 Å². The number of oxazole rings is 1. The van der Waals surface area contributed by atoms with Gasteiger partial charge in [-0.05, 0) is 43.2 Å². The van der Waals surface area contributed by atoms with Crippen molar-refractivity contribution >= 4 is 17.1 Å². The first-order valence-electron chi connectivity index (χ1n) is 11.8. The number of carbonyl (C=O) groups excluding carboxylic acids is 1. The molecular weight excluding hydrogens is 446 g/mol. The average Bonchev–Trinajstić information content (AvgIpc) is 3.53. The summed E-state index contributed by atoms with van der Waals surface area (Å²) in [6.45, 7) is 7.89. The van der Waals surface area contributed by atoms with Crippen molar-refractivity contribution in [2.24, 2.45) is 7.05 Å². The van der Waals surface area contributed by atoms with Crippen molar-refractivity contribution in [3.8, 4) is 5.69 Å². The minimum Gasteiger partial charge on any atom is -0.457 e. The third-order valence-electron chi connectivity index (χ3n) is 7.30. The van der Waals surface area contributed by atoms with E-state index in [4.69, 9.17) is 9.15 Å². The number of ether oxygens (including phenoxy) is 1. The van der Waals surface area contributed by atoms with Gasteiger partial charge >= 0.3 is 11.7 Å². The lowest BCUT2D eigenvalue weighted by Gasteiger charge is -2.34. The number of aromatic nitrogens is 3. The van der Waals surface area contributed by atoms with Crippen LogP contribution in [0.25, 0.3) is 16.8 Å². The Morgan fingerprint density at radius 2 is 2.00 bits per heavy atom. The number of cyclic esters (lactones) is 1. The number of benzene rings is 2. The Bertz CT molecular complexity index is 1530. The number of esters is 1. The SMILES string of the molecule is Cc1c([C@@H]2CN(Cc3cnn(-c4ccc5oc(=O)n(C)c5c4C)c3)CCN2)ccc2c1COC2=O. The standard InChI is InChI=1S/C26H27N5O4/c1-15-18(4-5-19-20(15)14-34-25(19)32)21-13-30(9-8-27-21)11-17-10-28-31(12-17)22-6-7-23-24(16(22)2)29(3)26(33)35-23/h4-7,10,12,21,27H,8-9,11,13-14H2,1-3H3/t21-/m0/s1. The molecule has 2 aliphatic heterocycles. The molecule has 9 nitrogen and oxygen atoms in total. The lowest BCUT2D eigenvalue weighted by molar-refractivity contribution is 0.0535. The van der Waals surface area contributed by atoms with Crippen molar-refractivity contribution in [2.75, 3.05) is 19.6 Å². The topological polar surface area (TPSA) is 94.5 Å². The zero-order chi connectivity index (χ0) is 24.3. The molecule has 1 fully saturated rings. The van der Waals surface area contributed by atoms with Gasteiger partial charge < -0.3 is 14.5 Å². The van der Waals surface area contributed by atoms with Crippen LogP contribution in [0.2, 0.25) is 0 Å². The predicted octanol–water partition coefficient (Wildman–Crippen LogP) is 2.75. The van der Waals surface area contributed by atoms with E-state index in [0.717, 1.165) is 59.6 Å². The molecule has 0 unspecified atom stereocenters. The molecule has 6 rings (SSSR count). The van der Waals surface area contributed by atoms with E-state index in [0.29, 0.717) is 17.8 Å². The maximum atomic E-state index is 11.9. The number of nitrogens with one attached hydrogen (secondary N) is 1. The quantitative estimate of drug-likeness (QED) is 0.456. The summed E-state index contributed by atoms with van der Waals surface area (Å²) >= 11 is 0. The lowest BCUT2D eigenvalue weighted by atomic mass is 9.93. The van der Waals surface area contributed by atoms with Gasteiger partial charge in [-0.1, -0.05) is 6.07 Å². The molecule has 1 atom stereocenters. The highest BCUT2D eigenvalue weighted by Crippen LogP contribution is 2.30. The molecule has 9 heteroatoms. The van der Waals surface area contributed by atoms with Crippen LogP contribution in [0, 0.1) is 13.8 Å². The molecule has 0 amide bonds. The fourth-order valence-corrected chi connectivity index (χ4v) is 5.41. The summed E-state index contributed by atoms with van der Waals surface area (Å²) in [4.78, 5) is 26.2. The van der Waals surface area contributed by atoms with E-state index >= 15 is 0 Å². The summed E-state index contributed by atoms with van der Waals surface area (Å²) < 4.78 is 13.9. The molecule has 0 spiro atoms. The van der Waals surface area contributed by atoms with Crippen molar-refractivity contribution in [1.82, 2.24) is 24.6 Å². The Kier molecular flexibility index (Phi) is 5.12. The maximum Gasteiger partial charge on any atom is 0.419 e. The van der Waals surface area contributed by atoms with Gasteiger partial charge in [0.1, 0.15) is 6.61 Å². The maximum absolute atomic E-state index is 11.9. The average molecular weight is 474 g/mol. The number of hydrogen-bond acceptors (Lipinski definition) is 7. The zero-order valence-electron chi connectivity index (χ0n) is 20.0. The second-order valence-electron chi connectivity index (χ2n) is 9.40. The van der Waals surface area contributed by atoms with Crippen LogP contribution in [0.4, 0.5) is 0 Å². The molecule has 2 aromatic carbocycles. The molecule has 0 aliphatic carbocycles. The smallest absolute Gasteiger partial charge is 0.419 e. The fraction of sp³-hybridized carbons (Fsp3) is 0.346. The molecule has 2 aliphatic rings. The molecule has 1 N–H and O–H groups in total. The number of piperazine rings is 1. The van der Waals surface area contributed by atoms with Gasteiger partial charge in [-0.15, -0.1) is 0 Å². The third-order valence-corrected chi connectivity index (χ3v) is 7.30. The van der Waals surface area contributed by atoms with E-state index < -0.39 is 0 Å². The van der Waals surface area contributed by atoms with Gasteiger partial charge in [0, 0.05) is 62.2 Å². The lowest BCUT2D eigenvalue weighted by Crippen LogP contribution is -2.45. The number of aryl methyl sites for hydroxylation is 2. The van der Waals surface area contributed by atoms with Crippen LogP contribution < -0.4 is 11.1 Å². The Labute approximate surface area is 201 Å². The summed E-state index contributed by atoms with van der Waals surface area (Å²) in [6.07, 6.45) is 3.95. The van der Waals surface area contributed by atoms with Gasteiger partial charge in [0.15, 0.2) is 5.58 Å². The van der Waals surface area contributed by atoms with E-state index in [-0.39, 0.29) is 17.8 Å². The van der Waals surface area contributed by atoms with Gasteiger partial charge in [-0.2, -0.15) is 5.10 Å². The van der Waals surface area contributed by atoms with E-state index in [1.807, 2.05) is 42.2 Å². The van der Waals surface area contributed by atoms with Gasteiger partial charge in [-0.25, -0.2) is 14.3 Å². The van der Waals surface area contributed by atoms with Crippen LogP contribution in [0.15, 0.2) is 45.9 Å². The van der Waals surface area contributed by atoms with Crippen LogP contribution in [-0.2, 0) is 24.9 Å².